The standard InChI is InChI=1S/C16H13N3O4S/c1-17-13-5-3-6-14(11-13)19-24(22,23)15-7-2-4-12(10-15)8-9-16(20)18-21/h2-11,19,21H,(H,18,20)/b9-8+. The molecule has 0 radical (unpaired) electrons. The number of anilines is 1. The zero-order chi connectivity index (χ0) is 17.6. The lowest BCUT2D eigenvalue weighted by Crippen LogP contribution is -2.15. The molecule has 0 bridgehead atoms. The molecule has 0 saturated carbocycles. The van der Waals surface area contributed by atoms with Crippen molar-refractivity contribution in [3.05, 3.63) is 71.6 Å². The van der Waals surface area contributed by atoms with Crippen molar-refractivity contribution in [1.29, 1.82) is 0 Å². The van der Waals surface area contributed by atoms with Crippen LogP contribution < -0.4 is 10.2 Å². The first-order valence-electron chi connectivity index (χ1n) is 6.67. The van der Waals surface area contributed by atoms with Crippen molar-refractivity contribution >= 4 is 33.4 Å². The van der Waals surface area contributed by atoms with Gasteiger partial charge in [0.1, 0.15) is 0 Å². The van der Waals surface area contributed by atoms with Gasteiger partial charge in [-0.3, -0.25) is 14.7 Å². The van der Waals surface area contributed by atoms with Gasteiger partial charge in [-0.2, -0.15) is 0 Å². The van der Waals surface area contributed by atoms with E-state index in [9.17, 15) is 13.2 Å². The van der Waals surface area contributed by atoms with E-state index in [1.165, 1.54) is 35.8 Å². The molecule has 0 aromatic heterocycles. The highest BCUT2D eigenvalue weighted by Crippen LogP contribution is 2.21. The van der Waals surface area contributed by atoms with E-state index in [-0.39, 0.29) is 10.6 Å². The van der Waals surface area contributed by atoms with Crippen molar-refractivity contribution in [2.75, 3.05) is 4.72 Å². The van der Waals surface area contributed by atoms with Crippen molar-refractivity contribution in [3.8, 4) is 0 Å². The summed E-state index contributed by atoms with van der Waals surface area (Å²) in [5.74, 6) is -0.725. The van der Waals surface area contributed by atoms with Crippen LogP contribution in [0.25, 0.3) is 10.9 Å². The summed E-state index contributed by atoms with van der Waals surface area (Å²) in [6.07, 6.45) is 2.43. The topological polar surface area (TPSA) is 99.9 Å². The van der Waals surface area contributed by atoms with E-state index in [0.717, 1.165) is 6.08 Å². The predicted molar refractivity (Wildman–Crippen MR) is 88.9 cm³/mol. The highest BCUT2D eigenvalue weighted by Gasteiger charge is 2.14. The number of rotatable bonds is 5. The van der Waals surface area contributed by atoms with Crippen LogP contribution in [0.5, 0.6) is 0 Å². The third-order valence-corrected chi connectivity index (χ3v) is 4.31. The van der Waals surface area contributed by atoms with Crippen LogP contribution in [-0.4, -0.2) is 19.5 Å². The lowest BCUT2D eigenvalue weighted by Gasteiger charge is -2.09. The largest absolute Gasteiger partial charge is 0.288 e. The summed E-state index contributed by atoms with van der Waals surface area (Å²) >= 11 is 0. The van der Waals surface area contributed by atoms with E-state index >= 15 is 0 Å². The van der Waals surface area contributed by atoms with Crippen molar-refractivity contribution in [3.63, 3.8) is 0 Å². The lowest BCUT2D eigenvalue weighted by molar-refractivity contribution is -0.124. The third kappa shape index (κ3) is 4.42. The molecule has 0 unspecified atom stereocenters. The molecule has 3 N–H and O–H groups in total. The Morgan fingerprint density at radius 2 is 1.92 bits per heavy atom. The van der Waals surface area contributed by atoms with Crippen molar-refractivity contribution in [1.82, 2.24) is 5.48 Å². The normalized spacial score (nSPS) is 11.0. The number of hydroxylamine groups is 1. The van der Waals surface area contributed by atoms with Gasteiger partial charge in [-0.1, -0.05) is 24.3 Å². The van der Waals surface area contributed by atoms with Gasteiger partial charge in [0, 0.05) is 11.8 Å². The molecule has 0 saturated heterocycles. The number of amides is 1. The average molecular weight is 343 g/mol. The highest BCUT2D eigenvalue weighted by molar-refractivity contribution is 7.92. The smallest absolute Gasteiger partial charge is 0.267 e. The molecular formula is C16H13N3O4S. The Hall–Kier alpha value is -3.15. The maximum Gasteiger partial charge on any atom is 0.267 e. The van der Waals surface area contributed by atoms with Crippen molar-refractivity contribution in [2.45, 2.75) is 4.90 Å². The Kier molecular flexibility index (Phi) is 5.31. The van der Waals surface area contributed by atoms with Gasteiger partial charge in [0.2, 0.25) is 0 Å². The summed E-state index contributed by atoms with van der Waals surface area (Å²) in [5.41, 5.74) is 2.51. The van der Waals surface area contributed by atoms with Gasteiger partial charge in [-0.15, -0.1) is 0 Å². The van der Waals surface area contributed by atoms with Crippen LogP contribution in [0.2, 0.25) is 0 Å². The van der Waals surface area contributed by atoms with Gasteiger partial charge >= 0.3 is 0 Å². The average Bonchev–Trinajstić information content (AvgIpc) is 2.59. The van der Waals surface area contributed by atoms with Crippen molar-refractivity contribution in [2.24, 2.45) is 0 Å². The van der Waals surface area contributed by atoms with Gasteiger partial charge in [0.05, 0.1) is 11.5 Å². The second kappa shape index (κ2) is 7.41. The molecule has 0 aliphatic rings. The molecule has 0 spiro atoms. The minimum Gasteiger partial charge on any atom is -0.288 e. The molecule has 7 nitrogen and oxygen atoms in total. The van der Waals surface area contributed by atoms with Crippen molar-refractivity contribution < 1.29 is 18.4 Å². The second-order valence-electron chi connectivity index (χ2n) is 4.65. The lowest BCUT2D eigenvalue weighted by atomic mass is 10.2. The molecule has 2 aromatic carbocycles. The zero-order valence-corrected chi connectivity index (χ0v) is 13.1. The number of nitrogens with one attached hydrogen (secondary N) is 2. The molecule has 0 atom stereocenters. The molecule has 24 heavy (non-hydrogen) atoms. The Bertz CT molecular complexity index is 930. The number of sulfonamides is 1. The van der Waals surface area contributed by atoms with Crippen LogP contribution in [0.15, 0.2) is 59.5 Å². The van der Waals surface area contributed by atoms with E-state index < -0.39 is 15.9 Å². The Morgan fingerprint density at radius 1 is 1.17 bits per heavy atom. The molecule has 1 amide bonds. The van der Waals surface area contributed by atoms with Gasteiger partial charge in [0.25, 0.3) is 15.9 Å². The molecule has 2 rings (SSSR count). The second-order valence-corrected chi connectivity index (χ2v) is 6.33. The van der Waals surface area contributed by atoms with E-state index in [1.54, 1.807) is 24.3 Å². The zero-order valence-electron chi connectivity index (χ0n) is 12.3. The summed E-state index contributed by atoms with van der Waals surface area (Å²) in [7, 11) is -3.84. The van der Waals surface area contributed by atoms with E-state index in [0.29, 0.717) is 11.3 Å². The maximum absolute atomic E-state index is 12.4. The number of hydrogen-bond acceptors (Lipinski definition) is 4. The fourth-order valence-electron chi connectivity index (χ4n) is 1.85. The first-order chi connectivity index (χ1) is 11.4. The first-order valence-corrected chi connectivity index (χ1v) is 8.15. The van der Waals surface area contributed by atoms with Crippen LogP contribution in [0.4, 0.5) is 11.4 Å². The SMILES string of the molecule is [C-]#[N+]c1cccc(NS(=O)(=O)c2cccc(/C=C/C(=O)NO)c2)c1. The third-order valence-electron chi connectivity index (χ3n) is 2.93. The fourth-order valence-corrected chi connectivity index (χ4v) is 2.95. The van der Waals surface area contributed by atoms with Gasteiger partial charge < -0.3 is 0 Å². The Labute approximate surface area is 139 Å². The molecule has 0 fully saturated rings. The van der Waals surface area contributed by atoms with Crippen LogP contribution in [-0.2, 0) is 14.8 Å². The molecule has 122 valence electrons. The minimum absolute atomic E-state index is 0.00210. The minimum atomic E-state index is -3.84. The summed E-state index contributed by atoms with van der Waals surface area (Å²) in [6.45, 7) is 6.95. The van der Waals surface area contributed by atoms with Gasteiger partial charge in [0.15, 0.2) is 5.69 Å². The number of carbonyl (C=O) groups is 1. The Morgan fingerprint density at radius 3 is 2.62 bits per heavy atom. The summed E-state index contributed by atoms with van der Waals surface area (Å²) in [4.78, 5) is 14.2. The van der Waals surface area contributed by atoms with Crippen LogP contribution >= 0.6 is 0 Å². The number of hydrogen-bond donors (Lipinski definition) is 3. The summed E-state index contributed by atoms with van der Waals surface area (Å²) in [5, 5.41) is 8.43. The fraction of sp³-hybridized carbons (Fsp3) is 0. The number of nitrogens with zero attached hydrogens (tertiary/aromatic N) is 1. The quantitative estimate of drug-likeness (QED) is 0.336. The Balaban J connectivity index is 2.27. The van der Waals surface area contributed by atoms with Gasteiger partial charge in [-0.25, -0.2) is 18.7 Å². The first kappa shape index (κ1) is 17.2. The van der Waals surface area contributed by atoms with E-state index in [1.807, 2.05) is 0 Å². The van der Waals surface area contributed by atoms with Crippen LogP contribution in [0, 0.1) is 6.57 Å². The predicted octanol–water partition coefficient (Wildman–Crippen LogP) is 2.56. The number of benzene rings is 2. The van der Waals surface area contributed by atoms with Gasteiger partial charge in [-0.05, 0) is 35.9 Å². The van der Waals surface area contributed by atoms with Crippen LogP contribution in [0.1, 0.15) is 5.56 Å². The molecule has 0 aliphatic carbocycles. The van der Waals surface area contributed by atoms with Crippen LogP contribution in [0.3, 0.4) is 0 Å². The molecule has 0 aliphatic heterocycles. The number of carbonyl (C=O) groups excluding carboxylic acids is 1. The van der Waals surface area contributed by atoms with E-state index in [4.69, 9.17) is 11.8 Å². The summed E-state index contributed by atoms with van der Waals surface area (Å²) in [6, 6.07) is 12.1. The van der Waals surface area contributed by atoms with E-state index in [2.05, 4.69) is 9.57 Å². The molecule has 8 heteroatoms. The highest BCUT2D eigenvalue weighted by atomic mass is 32.2. The molecule has 2 aromatic rings. The molecule has 0 heterocycles. The summed E-state index contributed by atoms with van der Waals surface area (Å²) < 4.78 is 27.2. The monoisotopic (exact) mass is 343 g/mol. The maximum atomic E-state index is 12.4. The molecular weight excluding hydrogens is 330 g/mol.